The highest BCUT2D eigenvalue weighted by Gasteiger charge is 2.26. The zero-order valence-corrected chi connectivity index (χ0v) is 17.5. The first-order valence-corrected chi connectivity index (χ1v) is 10.2. The molecule has 1 saturated heterocycles. The van der Waals surface area contributed by atoms with Gasteiger partial charge in [-0.25, -0.2) is 9.37 Å². The molecule has 0 aliphatic carbocycles. The first kappa shape index (κ1) is 20.1. The molecule has 30 heavy (non-hydrogen) atoms. The zero-order valence-electron chi connectivity index (χ0n) is 17.5. The van der Waals surface area contributed by atoms with Crippen LogP contribution in [0.1, 0.15) is 23.4 Å². The van der Waals surface area contributed by atoms with Crippen LogP contribution in [0.15, 0.2) is 42.5 Å². The molecule has 3 aromatic rings. The lowest BCUT2D eigenvalue weighted by Gasteiger charge is -2.18. The summed E-state index contributed by atoms with van der Waals surface area (Å²) in [5.74, 6) is 0.585. The molecule has 1 atom stereocenters. The summed E-state index contributed by atoms with van der Waals surface area (Å²) in [4.78, 5) is 19.1. The number of nitrogens with one attached hydrogen (secondary N) is 1. The fraction of sp³-hybridized carbons (Fsp3) is 0.348. The standard InChI is InChI=1S/C23H26FN5O/c1-15-12-21(27-28(15)3)20-8-9-22(25-16(20)2)26-19-10-11-29(14-19)23(30)13-17-4-6-18(24)7-5-17/h4-9,12,19H,10-11,13-14H2,1-3H3,(H,25,26)/t19-/m0/s1. The zero-order chi connectivity index (χ0) is 21.3. The van der Waals surface area contributed by atoms with E-state index < -0.39 is 0 Å². The number of amides is 1. The number of rotatable bonds is 5. The molecule has 0 unspecified atom stereocenters. The predicted molar refractivity (Wildman–Crippen MR) is 115 cm³/mol. The molecule has 1 amide bonds. The van der Waals surface area contributed by atoms with E-state index in [0.29, 0.717) is 19.5 Å². The summed E-state index contributed by atoms with van der Waals surface area (Å²) in [6, 6.07) is 12.3. The highest BCUT2D eigenvalue weighted by Crippen LogP contribution is 2.24. The molecule has 1 aromatic carbocycles. The fourth-order valence-electron chi connectivity index (χ4n) is 3.81. The van der Waals surface area contributed by atoms with Crippen molar-refractivity contribution in [1.29, 1.82) is 0 Å². The minimum absolute atomic E-state index is 0.0657. The van der Waals surface area contributed by atoms with E-state index >= 15 is 0 Å². The number of halogens is 1. The Kier molecular flexibility index (Phi) is 5.53. The Morgan fingerprint density at radius 3 is 2.63 bits per heavy atom. The molecule has 0 spiro atoms. The van der Waals surface area contributed by atoms with Crippen molar-refractivity contribution >= 4 is 11.7 Å². The second-order valence-electron chi connectivity index (χ2n) is 7.90. The average molecular weight is 407 g/mol. The van der Waals surface area contributed by atoms with E-state index in [9.17, 15) is 9.18 Å². The van der Waals surface area contributed by atoms with E-state index in [1.54, 1.807) is 12.1 Å². The Labute approximate surface area is 175 Å². The van der Waals surface area contributed by atoms with Crippen LogP contribution >= 0.6 is 0 Å². The lowest BCUT2D eigenvalue weighted by atomic mass is 10.1. The predicted octanol–water partition coefficient (Wildman–Crippen LogP) is 3.49. The Morgan fingerprint density at radius 1 is 1.20 bits per heavy atom. The molecular formula is C23H26FN5O. The van der Waals surface area contributed by atoms with Crippen molar-refractivity contribution in [3.63, 3.8) is 0 Å². The van der Waals surface area contributed by atoms with Gasteiger partial charge in [-0.05, 0) is 56.2 Å². The average Bonchev–Trinajstić information content (AvgIpc) is 3.30. The third-order valence-corrected chi connectivity index (χ3v) is 5.64. The topological polar surface area (TPSA) is 63.1 Å². The van der Waals surface area contributed by atoms with Gasteiger partial charge in [-0.2, -0.15) is 5.10 Å². The fourth-order valence-corrected chi connectivity index (χ4v) is 3.81. The number of hydrogen-bond donors (Lipinski definition) is 1. The van der Waals surface area contributed by atoms with Gasteiger partial charge in [0.1, 0.15) is 11.6 Å². The molecule has 1 N–H and O–H groups in total. The molecule has 7 heteroatoms. The summed E-state index contributed by atoms with van der Waals surface area (Å²) in [5.41, 5.74) is 4.79. The van der Waals surface area contributed by atoms with Crippen LogP contribution < -0.4 is 5.32 Å². The number of aryl methyl sites for hydroxylation is 3. The second kappa shape index (κ2) is 8.26. The monoisotopic (exact) mass is 407 g/mol. The molecule has 1 aliphatic heterocycles. The maximum Gasteiger partial charge on any atom is 0.227 e. The molecule has 1 fully saturated rings. The normalized spacial score (nSPS) is 16.1. The van der Waals surface area contributed by atoms with Crippen molar-refractivity contribution in [1.82, 2.24) is 19.7 Å². The largest absolute Gasteiger partial charge is 0.365 e. The van der Waals surface area contributed by atoms with Crippen LogP contribution in [0.3, 0.4) is 0 Å². The van der Waals surface area contributed by atoms with Crippen molar-refractivity contribution in [3.05, 3.63) is 65.2 Å². The molecule has 3 heterocycles. The quantitative estimate of drug-likeness (QED) is 0.703. The van der Waals surface area contributed by atoms with Gasteiger partial charge in [0.05, 0.1) is 12.1 Å². The number of likely N-dealkylation sites (tertiary alicyclic amines) is 1. The molecule has 2 aromatic heterocycles. The number of pyridine rings is 1. The Morgan fingerprint density at radius 2 is 1.97 bits per heavy atom. The summed E-state index contributed by atoms with van der Waals surface area (Å²) in [7, 11) is 1.93. The van der Waals surface area contributed by atoms with Crippen LogP contribution in [-0.2, 0) is 18.3 Å². The Bertz CT molecular complexity index is 1040. The maximum atomic E-state index is 13.0. The highest BCUT2D eigenvalue weighted by atomic mass is 19.1. The molecule has 4 rings (SSSR count). The van der Waals surface area contributed by atoms with Gasteiger partial charge in [0.15, 0.2) is 0 Å². The summed E-state index contributed by atoms with van der Waals surface area (Å²) in [6.45, 7) is 5.36. The summed E-state index contributed by atoms with van der Waals surface area (Å²) in [6.07, 6.45) is 1.17. The number of carbonyl (C=O) groups excluding carboxylic acids is 1. The van der Waals surface area contributed by atoms with E-state index in [2.05, 4.69) is 16.5 Å². The molecule has 0 bridgehead atoms. The first-order chi connectivity index (χ1) is 14.4. The van der Waals surface area contributed by atoms with Crippen molar-refractivity contribution in [2.45, 2.75) is 32.7 Å². The molecular weight excluding hydrogens is 381 g/mol. The van der Waals surface area contributed by atoms with Gasteiger partial charge in [-0.15, -0.1) is 0 Å². The van der Waals surface area contributed by atoms with Crippen LogP contribution in [0, 0.1) is 19.7 Å². The van der Waals surface area contributed by atoms with E-state index in [0.717, 1.165) is 40.4 Å². The second-order valence-corrected chi connectivity index (χ2v) is 7.90. The van der Waals surface area contributed by atoms with Gasteiger partial charge in [0.25, 0.3) is 0 Å². The summed E-state index contributed by atoms with van der Waals surface area (Å²) in [5, 5.41) is 7.99. The molecule has 0 radical (unpaired) electrons. The highest BCUT2D eigenvalue weighted by molar-refractivity contribution is 5.79. The Hall–Kier alpha value is -3.22. The third kappa shape index (κ3) is 4.35. The third-order valence-electron chi connectivity index (χ3n) is 5.64. The van der Waals surface area contributed by atoms with E-state index in [4.69, 9.17) is 4.98 Å². The lowest BCUT2D eigenvalue weighted by molar-refractivity contribution is -0.129. The van der Waals surface area contributed by atoms with Crippen LogP contribution in [0.4, 0.5) is 10.2 Å². The van der Waals surface area contributed by atoms with Crippen LogP contribution in [0.5, 0.6) is 0 Å². The van der Waals surface area contributed by atoms with Gasteiger partial charge in [0.2, 0.25) is 5.91 Å². The first-order valence-electron chi connectivity index (χ1n) is 10.2. The smallest absolute Gasteiger partial charge is 0.227 e. The number of aromatic nitrogens is 3. The Balaban J connectivity index is 1.36. The summed E-state index contributed by atoms with van der Waals surface area (Å²) >= 11 is 0. The van der Waals surface area contributed by atoms with E-state index in [1.165, 1.54) is 12.1 Å². The van der Waals surface area contributed by atoms with Gasteiger partial charge in [-0.3, -0.25) is 9.48 Å². The van der Waals surface area contributed by atoms with Crippen molar-refractivity contribution in [3.8, 4) is 11.3 Å². The van der Waals surface area contributed by atoms with Gasteiger partial charge in [-0.1, -0.05) is 12.1 Å². The number of hydrogen-bond acceptors (Lipinski definition) is 4. The van der Waals surface area contributed by atoms with Gasteiger partial charge in [0, 0.05) is 43.1 Å². The number of nitrogens with zero attached hydrogens (tertiary/aromatic N) is 4. The molecule has 156 valence electrons. The van der Waals surface area contributed by atoms with Crippen LogP contribution in [-0.4, -0.2) is 44.7 Å². The SMILES string of the molecule is Cc1nc(N[C@H]2CCN(C(=O)Cc3ccc(F)cc3)C2)ccc1-c1cc(C)n(C)n1. The van der Waals surface area contributed by atoms with Crippen molar-refractivity contribution < 1.29 is 9.18 Å². The number of benzene rings is 1. The minimum Gasteiger partial charge on any atom is -0.365 e. The van der Waals surface area contributed by atoms with Crippen LogP contribution in [0.25, 0.3) is 11.3 Å². The van der Waals surface area contributed by atoms with Crippen molar-refractivity contribution in [2.75, 3.05) is 18.4 Å². The molecule has 6 nitrogen and oxygen atoms in total. The maximum absolute atomic E-state index is 13.0. The van der Waals surface area contributed by atoms with E-state index in [-0.39, 0.29) is 17.8 Å². The van der Waals surface area contributed by atoms with E-state index in [1.807, 2.05) is 42.6 Å². The number of carbonyl (C=O) groups is 1. The number of anilines is 1. The van der Waals surface area contributed by atoms with Gasteiger partial charge < -0.3 is 10.2 Å². The minimum atomic E-state index is -0.288. The molecule has 1 aliphatic rings. The molecule has 0 saturated carbocycles. The van der Waals surface area contributed by atoms with Crippen LogP contribution in [0.2, 0.25) is 0 Å². The van der Waals surface area contributed by atoms with Gasteiger partial charge >= 0.3 is 0 Å². The summed E-state index contributed by atoms with van der Waals surface area (Å²) < 4.78 is 14.9. The van der Waals surface area contributed by atoms with Crippen molar-refractivity contribution in [2.24, 2.45) is 7.05 Å². The lowest BCUT2D eigenvalue weighted by Crippen LogP contribution is -2.32.